The van der Waals surface area contributed by atoms with E-state index in [1.54, 1.807) is 6.92 Å². The maximum absolute atomic E-state index is 9.02. The lowest BCUT2D eigenvalue weighted by Gasteiger charge is -2.09. The van der Waals surface area contributed by atoms with E-state index in [9.17, 15) is 0 Å². The third kappa shape index (κ3) is 2.63. The van der Waals surface area contributed by atoms with Gasteiger partial charge in [0.05, 0.1) is 6.10 Å². The number of aliphatic hydroxyl groups is 1. The van der Waals surface area contributed by atoms with E-state index in [-0.39, 0.29) is 12.3 Å². The minimum Gasteiger partial charge on any atom is -0.393 e. The lowest BCUT2D eigenvalue weighted by atomic mass is 10.1. The van der Waals surface area contributed by atoms with Crippen molar-refractivity contribution in [3.05, 3.63) is 0 Å². The summed E-state index contributed by atoms with van der Waals surface area (Å²) >= 11 is 0. The van der Waals surface area contributed by atoms with Gasteiger partial charge in [-0.1, -0.05) is 20.8 Å². The monoisotopic (exact) mass is 103 g/mol. The largest absolute Gasteiger partial charge is 0.393 e. The van der Waals surface area contributed by atoms with Crippen molar-refractivity contribution in [2.45, 2.75) is 33.3 Å². The second-order valence-electron chi connectivity index (χ2n) is 2.07. The summed E-state index contributed by atoms with van der Waals surface area (Å²) in [4.78, 5) is 0. The van der Waals surface area contributed by atoms with Gasteiger partial charge >= 0.3 is 0 Å². The molecule has 0 radical (unpaired) electrons. The topological polar surface area (TPSA) is 20.2 Å². The van der Waals surface area contributed by atoms with Crippen molar-refractivity contribution in [2.24, 2.45) is 5.92 Å². The molecule has 0 aliphatic heterocycles. The summed E-state index contributed by atoms with van der Waals surface area (Å²) in [6, 6.07) is 0. The van der Waals surface area contributed by atoms with Crippen molar-refractivity contribution in [1.82, 2.24) is 0 Å². The summed E-state index contributed by atoms with van der Waals surface area (Å²) in [7, 11) is 0. The highest BCUT2D eigenvalue weighted by molar-refractivity contribution is 4.54. The zero-order valence-corrected chi connectivity index (χ0v) is 5.18. The molecule has 0 saturated carbocycles. The Balaban J connectivity index is 3.46. The van der Waals surface area contributed by atoms with Gasteiger partial charge in [-0.3, -0.25) is 0 Å². The molecule has 1 heteroatoms. The van der Waals surface area contributed by atoms with Gasteiger partial charge in [0.15, 0.2) is 0 Å². The Morgan fingerprint density at radius 2 is 2.14 bits per heavy atom. The highest BCUT2D eigenvalue weighted by atomic mass is 16.3. The molecule has 1 nitrogen and oxygen atoms in total. The molecule has 0 aromatic rings. The van der Waals surface area contributed by atoms with Crippen LogP contribution in [0.4, 0.5) is 0 Å². The molecule has 0 aromatic heterocycles. The first-order valence-corrected chi connectivity index (χ1v) is 2.66. The van der Waals surface area contributed by atoms with Crippen molar-refractivity contribution in [3.63, 3.8) is 0 Å². The van der Waals surface area contributed by atoms with Crippen molar-refractivity contribution in [3.8, 4) is 0 Å². The fourth-order valence-corrected chi connectivity index (χ4v) is 0.385. The number of rotatable bonds is 2. The van der Waals surface area contributed by atoms with Crippen LogP contribution in [0.25, 0.3) is 0 Å². The molecule has 0 amide bonds. The maximum atomic E-state index is 9.02. The lowest BCUT2D eigenvalue weighted by molar-refractivity contribution is 0.121. The molecular weight excluding hydrogens is 88.1 g/mol. The summed E-state index contributed by atoms with van der Waals surface area (Å²) in [5, 5.41) is 9.02. The molecule has 0 aromatic carbocycles. The molecule has 1 N–H and O–H groups in total. The van der Waals surface area contributed by atoms with Crippen LogP contribution in [0.2, 0.25) is 0 Å². The van der Waals surface area contributed by atoms with E-state index >= 15 is 0 Å². The Kier molecular flexibility index (Phi) is 2.21. The molecule has 7 heavy (non-hydrogen) atoms. The number of hydrogen-bond donors (Lipinski definition) is 1. The molecule has 44 valence electrons. The second kappa shape index (κ2) is 3.03. The summed E-state index contributed by atoms with van der Waals surface area (Å²) < 4.78 is 7.06. The highest BCUT2D eigenvalue weighted by Crippen LogP contribution is 2.02. The Bertz CT molecular complexity index is 53.5. The van der Waals surface area contributed by atoms with Crippen LogP contribution in [0.3, 0.4) is 0 Å². The van der Waals surface area contributed by atoms with E-state index in [2.05, 4.69) is 0 Å². The Morgan fingerprint density at radius 1 is 1.71 bits per heavy atom. The first kappa shape index (κ1) is 5.10. The van der Waals surface area contributed by atoms with E-state index in [0.29, 0.717) is 0 Å². The molecule has 0 fully saturated rings. The second-order valence-corrected chi connectivity index (χ2v) is 2.07. The van der Waals surface area contributed by atoms with Crippen LogP contribution in [-0.2, 0) is 0 Å². The third-order valence-electron chi connectivity index (χ3n) is 1.02. The predicted octanol–water partition coefficient (Wildman–Crippen LogP) is 1.41. The average molecular weight is 103 g/mol. The smallest absolute Gasteiger partial charge is 0.0560 e. The van der Waals surface area contributed by atoms with Crippen molar-refractivity contribution < 1.29 is 6.48 Å². The standard InChI is InChI=1S/C6H14O/c1-4-6(7)5(2)3/h5-7H,4H2,1-3H3/t6-/m0/s1/i4D/t4-,6-. The van der Waals surface area contributed by atoms with Gasteiger partial charge < -0.3 is 5.11 Å². The molecule has 0 aliphatic rings. The summed E-state index contributed by atoms with van der Waals surface area (Å²) in [5.41, 5.74) is 0. The Hall–Kier alpha value is -0.0400. The quantitative estimate of drug-likeness (QED) is 0.560. The van der Waals surface area contributed by atoms with Crippen LogP contribution < -0.4 is 0 Å². The van der Waals surface area contributed by atoms with Crippen LogP contribution >= 0.6 is 0 Å². The normalized spacial score (nSPS) is 21.6. The first-order chi connectivity index (χ1) is 3.55. The molecule has 0 saturated heterocycles. The van der Waals surface area contributed by atoms with Crippen LogP contribution in [0.5, 0.6) is 0 Å². The summed E-state index contributed by atoms with van der Waals surface area (Å²) in [6.45, 7) is 5.52. The maximum Gasteiger partial charge on any atom is 0.0560 e. The minimum atomic E-state index is -0.463. The third-order valence-corrected chi connectivity index (χ3v) is 1.02. The van der Waals surface area contributed by atoms with E-state index in [1.807, 2.05) is 13.8 Å². The van der Waals surface area contributed by atoms with E-state index in [4.69, 9.17) is 6.48 Å². The molecule has 0 rings (SSSR count). The van der Waals surface area contributed by atoms with Gasteiger partial charge in [0, 0.05) is 1.37 Å². The van der Waals surface area contributed by atoms with Crippen LogP contribution in [0, 0.1) is 5.92 Å². The number of aliphatic hydroxyl groups excluding tert-OH is 1. The zero-order chi connectivity index (χ0) is 6.73. The molecule has 0 bridgehead atoms. The van der Waals surface area contributed by atoms with Crippen LogP contribution in [0.1, 0.15) is 28.5 Å². The molecule has 0 unspecified atom stereocenters. The average Bonchev–Trinajstić information content (AvgIpc) is 1.64. The van der Waals surface area contributed by atoms with Gasteiger partial charge in [-0.2, -0.15) is 0 Å². The van der Waals surface area contributed by atoms with Gasteiger partial charge in [0.1, 0.15) is 0 Å². The zero-order valence-electron chi connectivity index (χ0n) is 6.18. The van der Waals surface area contributed by atoms with Crippen molar-refractivity contribution in [2.75, 3.05) is 0 Å². The van der Waals surface area contributed by atoms with E-state index < -0.39 is 6.10 Å². The minimum absolute atomic E-state index is 0.211. The van der Waals surface area contributed by atoms with E-state index in [1.165, 1.54) is 0 Å². The van der Waals surface area contributed by atoms with Gasteiger partial charge in [0.25, 0.3) is 0 Å². The predicted molar refractivity (Wildman–Crippen MR) is 31.1 cm³/mol. The van der Waals surface area contributed by atoms with Crippen LogP contribution in [-0.4, -0.2) is 11.2 Å². The van der Waals surface area contributed by atoms with Gasteiger partial charge in [-0.15, -0.1) is 0 Å². The summed E-state index contributed by atoms with van der Waals surface area (Å²) in [5.74, 6) is 0.211. The molecule has 0 aliphatic carbocycles. The summed E-state index contributed by atoms with van der Waals surface area (Å²) in [6.07, 6.45) is -0.815. The highest BCUT2D eigenvalue weighted by Gasteiger charge is 2.03. The Labute approximate surface area is 46.8 Å². The lowest BCUT2D eigenvalue weighted by Crippen LogP contribution is -2.11. The van der Waals surface area contributed by atoms with Gasteiger partial charge in [-0.05, 0) is 12.3 Å². The van der Waals surface area contributed by atoms with Crippen LogP contribution in [0.15, 0.2) is 0 Å². The molecular formula is C6H14O. The molecule has 0 spiro atoms. The first-order valence-electron chi connectivity index (χ1n) is 3.23. The van der Waals surface area contributed by atoms with Crippen molar-refractivity contribution >= 4 is 0 Å². The number of hydrogen-bond acceptors (Lipinski definition) is 1. The van der Waals surface area contributed by atoms with E-state index in [0.717, 1.165) is 0 Å². The van der Waals surface area contributed by atoms with Gasteiger partial charge in [-0.25, -0.2) is 0 Å². The SMILES string of the molecule is [2H][C@@H](C)[C@H](O)C(C)C. The Morgan fingerprint density at radius 3 is 2.14 bits per heavy atom. The van der Waals surface area contributed by atoms with Gasteiger partial charge in [0.2, 0.25) is 0 Å². The molecule has 0 heterocycles. The fourth-order valence-electron chi connectivity index (χ4n) is 0.385. The fraction of sp³-hybridized carbons (Fsp3) is 1.00. The molecule has 2 atom stereocenters. The van der Waals surface area contributed by atoms with Crippen molar-refractivity contribution in [1.29, 1.82) is 0 Å².